The summed E-state index contributed by atoms with van der Waals surface area (Å²) < 4.78 is 18.8. The van der Waals surface area contributed by atoms with Crippen LogP contribution < -0.4 is 11.1 Å². The van der Waals surface area contributed by atoms with E-state index in [2.05, 4.69) is 30.8 Å². The topological polar surface area (TPSA) is 64.3 Å². The van der Waals surface area contributed by atoms with Gasteiger partial charge in [-0.3, -0.25) is 4.79 Å². The maximum absolute atomic E-state index is 14.2. The summed E-state index contributed by atoms with van der Waals surface area (Å²) in [4.78, 5) is 11.3. The summed E-state index contributed by atoms with van der Waals surface area (Å²) in [6, 6.07) is 3.19. The molecule has 0 amide bonds. The van der Waals surface area contributed by atoms with Crippen molar-refractivity contribution in [2.45, 2.75) is 52.5 Å². The van der Waals surface area contributed by atoms with Crippen LogP contribution in [0.2, 0.25) is 0 Å². The van der Waals surface area contributed by atoms with Crippen molar-refractivity contribution in [1.29, 1.82) is 0 Å². The highest BCUT2D eigenvalue weighted by molar-refractivity contribution is 5.75. The average molecular weight is 322 g/mol. The van der Waals surface area contributed by atoms with Crippen molar-refractivity contribution < 1.29 is 13.9 Å². The van der Waals surface area contributed by atoms with Gasteiger partial charge in [-0.2, -0.15) is 0 Å². The van der Waals surface area contributed by atoms with E-state index in [1.54, 1.807) is 0 Å². The van der Waals surface area contributed by atoms with Crippen LogP contribution in [-0.2, 0) is 16.0 Å². The molecule has 0 spiro atoms. The van der Waals surface area contributed by atoms with E-state index >= 15 is 0 Å². The van der Waals surface area contributed by atoms with Gasteiger partial charge >= 0.3 is 5.97 Å². The van der Waals surface area contributed by atoms with E-state index in [0.717, 1.165) is 12.8 Å². The number of nitrogens with two attached hydrogens (primary N) is 1. The van der Waals surface area contributed by atoms with Gasteiger partial charge in [0.25, 0.3) is 0 Å². The Kier molecular flexibility index (Phi) is 5.17. The predicted molar refractivity (Wildman–Crippen MR) is 90.7 cm³/mol. The summed E-state index contributed by atoms with van der Waals surface area (Å²) in [5, 5.41) is 3.39. The minimum Gasteiger partial charge on any atom is -0.469 e. The van der Waals surface area contributed by atoms with Crippen molar-refractivity contribution in [3.8, 4) is 0 Å². The Balaban J connectivity index is 2.14. The quantitative estimate of drug-likeness (QED) is 0.654. The maximum Gasteiger partial charge on any atom is 0.310 e. The molecule has 1 aromatic carbocycles. The Morgan fingerprint density at radius 1 is 1.43 bits per heavy atom. The minimum atomic E-state index is -0.480. The zero-order chi connectivity index (χ0) is 17.2. The number of anilines is 2. The maximum atomic E-state index is 14.2. The molecule has 2 rings (SSSR count). The number of halogens is 1. The highest BCUT2D eigenvalue weighted by Gasteiger charge is 2.32. The average Bonchev–Trinajstić information content (AvgIpc) is 2.41. The van der Waals surface area contributed by atoms with E-state index in [0.29, 0.717) is 17.3 Å². The second kappa shape index (κ2) is 6.77. The number of nitrogen functional groups attached to an aromatic ring is 1. The molecule has 0 aliphatic heterocycles. The SMILES string of the molecule is COC(=O)Cc1cc(N)c(NC2CC(C)CC(C)(C)C2)cc1F. The Morgan fingerprint density at radius 2 is 2.13 bits per heavy atom. The van der Waals surface area contributed by atoms with Gasteiger partial charge in [0.1, 0.15) is 5.82 Å². The third-order valence-electron chi connectivity index (χ3n) is 4.53. The van der Waals surface area contributed by atoms with Crippen LogP contribution in [0.1, 0.15) is 45.6 Å². The van der Waals surface area contributed by atoms with Crippen LogP contribution in [0.15, 0.2) is 12.1 Å². The fourth-order valence-corrected chi connectivity index (χ4v) is 3.80. The molecule has 0 heterocycles. The second-order valence-corrected chi connectivity index (χ2v) is 7.54. The summed E-state index contributed by atoms with van der Waals surface area (Å²) in [5.41, 5.74) is 7.64. The molecule has 1 aliphatic rings. The number of esters is 1. The number of methoxy groups -OCH3 is 1. The Labute approximate surface area is 137 Å². The van der Waals surface area contributed by atoms with E-state index in [4.69, 9.17) is 5.73 Å². The molecule has 0 saturated heterocycles. The van der Waals surface area contributed by atoms with Gasteiger partial charge in [-0.25, -0.2) is 4.39 Å². The number of hydrogen-bond acceptors (Lipinski definition) is 4. The van der Waals surface area contributed by atoms with Crippen LogP contribution in [-0.4, -0.2) is 19.1 Å². The minimum absolute atomic E-state index is 0.111. The Bertz CT molecular complexity index is 587. The number of benzene rings is 1. The zero-order valence-electron chi connectivity index (χ0n) is 14.4. The summed E-state index contributed by atoms with van der Waals surface area (Å²) in [6.45, 7) is 6.78. The first-order chi connectivity index (χ1) is 10.7. The number of carbonyl (C=O) groups excluding carboxylic acids is 1. The number of ether oxygens (including phenoxy) is 1. The Morgan fingerprint density at radius 3 is 2.74 bits per heavy atom. The van der Waals surface area contributed by atoms with Gasteiger partial charge in [0.2, 0.25) is 0 Å². The van der Waals surface area contributed by atoms with Crippen LogP contribution in [0, 0.1) is 17.2 Å². The van der Waals surface area contributed by atoms with Gasteiger partial charge in [0.15, 0.2) is 0 Å². The molecule has 4 nitrogen and oxygen atoms in total. The monoisotopic (exact) mass is 322 g/mol. The first-order valence-electron chi connectivity index (χ1n) is 8.11. The van der Waals surface area contributed by atoms with Crippen molar-refractivity contribution in [3.63, 3.8) is 0 Å². The van der Waals surface area contributed by atoms with Gasteiger partial charge in [0, 0.05) is 11.6 Å². The lowest BCUT2D eigenvalue weighted by Gasteiger charge is -2.39. The van der Waals surface area contributed by atoms with Gasteiger partial charge < -0.3 is 15.8 Å². The molecule has 1 aliphatic carbocycles. The van der Waals surface area contributed by atoms with Crippen LogP contribution in [0.5, 0.6) is 0 Å². The highest BCUT2D eigenvalue weighted by Crippen LogP contribution is 2.40. The first kappa shape index (κ1) is 17.6. The smallest absolute Gasteiger partial charge is 0.310 e. The standard InChI is InChI=1S/C18H27FN2O2/c1-11-5-13(10-18(2,3)9-11)21-16-8-14(19)12(6-15(16)20)7-17(22)23-4/h6,8,11,13,21H,5,7,9-10,20H2,1-4H3. The molecule has 1 saturated carbocycles. The van der Waals surface area contributed by atoms with Crippen molar-refractivity contribution in [3.05, 3.63) is 23.5 Å². The summed E-state index contributed by atoms with van der Waals surface area (Å²) in [6.07, 6.45) is 3.17. The number of carbonyl (C=O) groups is 1. The predicted octanol–water partition coefficient (Wildman–Crippen LogP) is 3.75. The van der Waals surface area contributed by atoms with Gasteiger partial charge in [-0.1, -0.05) is 20.8 Å². The molecule has 2 atom stereocenters. The Hall–Kier alpha value is -1.78. The first-order valence-corrected chi connectivity index (χ1v) is 8.11. The van der Waals surface area contributed by atoms with Crippen LogP contribution >= 0.6 is 0 Å². The largest absolute Gasteiger partial charge is 0.469 e. The molecule has 23 heavy (non-hydrogen) atoms. The van der Waals surface area contributed by atoms with Crippen LogP contribution in [0.25, 0.3) is 0 Å². The van der Waals surface area contributed by atoms with Crippen molar-refractivity contribution in [1.82, 2.24) is 0 Å². The lowest BCUT2D eigenvalue weighted by Crippen LogP contribution is -2.35. The molecular formula is C18H27FN2O2. The van der Waals surface area contributed by atoms with Crippen molar-refractivity contribution >= 4 is 17.3 Å². The molecule has 0 aromatic heterocycles. The molecule has 1 fully saturated rings. The van der Waals surface area contributed by atoms with Crippen LogP contribution in [0.4, 0.5) is 15.8 Å². The molecule has 128 valence electrons. The highest BCUT2D eigenvalue weighted by atomic mass is 19.1. The molecule has 0 radical (unpaired) electrons. The lowest BCUT2D eigenvalue weighted by atomic mass is 9.70. The molecule has 3 N–H and O–H groups in total. The van der Waals surface area contributed by atoms with Gasteiger partial charge in [0.05, 0.1) is 24.9 Å². The van der Waals surface area contributed by atoms with Crippen molar-refractivity contribution in [2.24, 2.45) is 11.3 Å². The fraction of sp³-hybridized carbons (Fsp3) is 0.611. The third-order valence-corrected chi connectivity index (χ3v) is 4.53. The zero-order valence-corrected chi connectivity index (χ0v) is 14.4. The van der Waals surface area contributed by atoms with E-state index in [1.165, 1.54) is 25.7 Å². The molecule has 2 unspecified atom stereocenters. The van der Waals surface area contributed by atoms with E-state index in [1.807, 2.05) is 0 Å². The molecule has 0 bridgehead atoms. The van der Waals surface area contributed by atoms with E-state index < -0.39 is 11.8 Å². The van der Waals surface area contributed by atoms with E-state index in [-0.39, 0.29) is 23.4 Å². The number of nitrogens with one attached hydrogen (secondary N) is 1. The fourth-order valence-electron chi connectivity index (χ4n) is 3.80. The summed E-state index contributed by atoms with van der Waals surface area (Å²) in [5.74, 6) is -0.289. The normalized spacial score (nSPS) is 23.3. The molecule has 1 aromatic rings. The summed E-state index contributed by atoms with van der Waals surface area (Å²) in [7, 11) is 1.28. The number of rotatable bonds is 4. The summed E-state index contributed by atoms with van der Waals surface area (Å²) >= 11 is 0. The molecule has 5 heteroatoms. The number of hydrogen-bond donors (Lipinski definition) is 2. The van der Waals surface area contributed by atoms with Crippen LogP contribution in [0.3, 0.4) is 0 Å². The lowest BCUT2D eigenvalue weighted by molar-refractivity contribution is -0.139. The second-order valence-electron chi connectivity index (χ2n) is 7.54. The van der Waals surface area contributed by atoms with Gasteiger partial charge in [-0.05, 0) is 42.7 Å². The van der Waals surface area contributed by atoms with E-state index in [9.17, 15) is 9.18 Å². The third kappa shape index (κ3) is 4.60. The van der Waals surface area contributed by atoms with Crippen molar-refractivity contribution in [2.75, 3.05) is 18.2 Å². The molecular weight excluding hydrogens is 295 g/mol. The van der Waals surface area contributed by atoms with Gasteiger partial charge in [-0.15, -0.1) is 0 Å².